The minimum atomic E-state index is -0.254. The van der Waals surface area contributed by atoms with Gasteiger partial charge in [0, 0.05) is 11.1 Å². The van der Waals surface area contributed by atoms with E-state index in [0.29, 0.717) is 34.3 Å². The molecule has 3 heterocycles. The zero-order valence-electron chi connectivity index (χ0n) is 20.3. The standard InChI is InChI=1S/C28H25N7O2/c1-37-21-14-12-19(13-15-21)23-25(33-28-30-16-29-17-31-28)32-26-22(18-8-4-2-5-9-18)24(34-35(26)27(23)36)20-10-6-3-7-11-20/h3,6-8,10-17,32H,2,4-5,9H2,1H3,(H,29,30,31,33). The lowest BCUT2D eigenvalue weighted by Crippen LogP contribution is -2.20. The van der Waals surface area contributed by atoms with Gasteiger partial charge in [0.25, 0.3) is 5.56 Å². The van der Waals surface area contributed by atoms with Crippen LogP contribution in [-0.4, -0.2) is 36.7 Å². The van der Waals surface area contributed by atoms with E-state index in [1.165, 1.54) is 22.7 Å². The first-order chi connectivity index (χ1) is 18.2. The van der Waals surface area contributed by atoms with Gasteiger partial charge in [-0.05, 0) is 49.0 Å². The molecule has 9 nitrogen and oxygen atoms in total. The summed E-state index contributed by atoms with van der Waals surface area (Å²) in [6, 6.07) is 17.3. The van der Waals surface area contributed by atoms with E-state index in [-0.39, 0.29) is 5.56 Å². The molecule has 2 aromatic carbocycles. The Balaban J connectivity index is 1.65. The lowest BCUT2D eigenvalue weighted by Gasteiger charge is -2.15. The molecule has 37 heavy (non-hydrogen) atoms. The second-order valence-corrected chi connectivity index (χ2v) is 8.82. The average Bonchev–Trinajstić information content (AvgIpc) is 3.35. The SMILES string of the molecule is COc1ccc(-c2c(Nc3ncncn3)[nH]c3c(C4=CCCCC4)c(-c4ccccc4)nn3c2=O)cc1. The highest BCUT2D eigenvalue weighted by atomic mass is 16.5. The van der Waals surface area contributed by atoms with Crippen molar-refractivity contribution in [3.05, 3.63) is 89.2 Å². The van der Waals surface area contributed by atoms with Crippen LogP contribution in [0.15, 0.2) is 78.1 Å². The van der Waals surface area contributed by atoms with Gasteiger partial charge in [0.2, 0.25) is 5.95 Å². The van der Waals surface area contributed by atoms with Crippen LogP contribution >= 0.6 is 0 Å². The second kappa shape index (κ2) is 9.69. The van der Waals surface area contributed by atoms with Crippen molar-refractivity contribution >= 4 is 23.0 Å². The van der Waals surface area contributed by atoms with Crippen molar-refractivity contribution in [1.82, 2.24) is 29.5 Å². The topological polar surface area (TPSA) is 110 Å². The Morgan fingerprint density at radius 3 is 2.43 bits per heavy atom. The molecule has 6 rings (SSSR count). The maximum Gasteiger partial charge on any atom is 0.284 e. The summed E-state index contributed by atoms with van der Waals surface area (Å²) in [5.74, 6) is 1.50. The first-order valence-corrected chi connectivity index (χ1v) is 12.2. The summed E-state index contributed by atoms with van der Waals surface area (Å²) >= 11 is 0. The molecule has 0 radical (unpaired) electrons. The van der Waals surface area contributed by atoms with E-state index in [1.54, 1.807) is 7.11 Å². The number of fused-ring (bicyclic) bond motifs is 1. The molecule has 0 unspecified atom stereocenters. The summed E-state index contributed by atoms with van der Waals surface area (Å²) in [6.07, 6.45) is 9.27. The van der Waals surface area contributed by atoms with E-state index in [4.69, 9.17) is 9.84 Å². The van der Waals surface area contributed by atoms with Gasteiger partial charge < -0.3 is 15.0 Å². The molecule has 9 heteroatoms. The van der Waals surface area contributed by atoms with Crippen molar-refractivity contribution < 1.29 is 4.74 Å². The maximum atomic E-state index is 14.1. The highest BCUT2D eigenvalue weighted by Crippen LogP contribution is 2.37. The van der Waals surface area contributed by atoms with Crippen molar-refractivity contribution in [2.45, 2.75) is 25.7 Å². The van der Waals surface area contributed by atoms with Crippen LogP contribution in [0.25, 0.3) is 33.6 Å². The van der Waals surface area contributed by atoms with Crippen LogP contribution in [0, 0.1) is 0 Å². The number of methoxy groups -OCH3 is 1. The number of hydrogen-bond donors (Lipinski definition) is 2. The molecule has 0 saturated heterocycles. The Labute approximate surface area is 212 Å². The molecule has 0 atom stereocenters. The zero-order chi connectivity index (χ0) is 25.2. The predicted octanol–water partition coefficient (Wildman–Crippen LogP) is 5.25. The van der Waals surface area contributed by atoms with E-state index in [0.717, 1.165) is 42.5 Å². The fourth-order valence-corrected chi connectivity index (χ4v) is 4.78. The third-order valence-corrected chi connectivity index (χ3v) is 6.55. The fraction of sp³-hybridized carbons (Fsp3) is 0.179. The number of rotatable bonds is 6. The van der Waals surface area contributed by atoms with Crippen molar-refractivity contribution in [3.8, 4) is 28.1 Å². The Kier molecular flexibility index (Phi) is 5.94. The lowest BCUT2D eigenvalue weighted by molar-refractivity contribution is 0.415. The number of anilines is 2. The first-order valence-electron chi connectivity index (χ1n) is 12.2. The van der Waals surface area contributed by atoms with Gasteiger partial charge in [-0.2, -0.15) is 9.61 Å². The van der Waals surface area contributed by atoms with E-state index in [2.05, 4.69) is 31.3 Å². The van der Waals surface area contributed by atoms with Crippen LogP contribution in [0.3, 0.4) is 0 Å². The number of aromatic nitrogens is 6. The molecule has 0 bridgehead atoms. The minimum Gasteiger partial charge on any atom is -0.497 e. The van der Waals surface area contributed by atoms with Crippen LogP contribution in [-0.2, 0) is 0 Å². The van der Waals surface area contributed by atoms with Crippen molar-refractivity contribution in [2.75, 3.05) is 12.4 Å². The molecule has 0 spiro atoms. The Morgan fingerprint density at radius 1 is 0.946 bits per heavy atom. The van der Waals surface area contributed by atoms with Crippen molar-refractivity contribution in [3.63, 3.8) is 0 Å². The molecule has 2 N–H and O–H groups in total. The number of hydrogen-bond acceptors (Lipinski definition) is 7. The van der Waals surface area contributed by atoms with E-state index < -0.39 is 0 Å². The van der Waals surface area contributed by atoms with Crippen LogP contribution < -0.4 is 15.6 Å². The molecule has 184 valence electrons. The number of nitrogens with one attached hydrogen (secondary N) is 2. The summed E-state index contributed by atoms with van der Waals surface area (Å²) in [5, 5.41) is 8.07. The van der Waals surface area contributed by atoms with Crippen molar-refractivity contribution in [2.24, 2.45) is 0 Å². The average molecular weight is 492 g/mol. The van der Waals surface area contributed by atoms with E-state index in [1.807, 2.05) is 54.6 Å². The number of H-pyrrole nitrogens is 1. The molecule has 1 aliphatic rings. The van der Waals surface area contributed by atoms with Gasteiger partial charge >= 0.3 is 0 Å². The predicted molar refractivity (Wildman–Crippen MR) is 143 cm³/mol. The summed E-state index contributed by atoms with van der Waals surface area (Å²) < 4.78 is 6.79. The quantitative estimate of drug-likeness (QED) is 0.334. The third-order valence-electron chi connectivity index (χ3n) is 6.55. The second-order valence-electron chi connectivity index (χ2n) is 8.82. The normalized spacial score (nSPS) is 13.4. The highest BCUT2D eigenvalue weighted by Gasteiger charge is 2.24. The molecule has 0 amide bonds. The summed E-state index contributed by atoms with van der Waals surface area (Å²) in [6.45, 7) is 0. The summed E-state index contributed by atoms with van der Waals surface area (Å²) in [5.41, 5.74) is 5.37. The molecule has 0 fully saturated rings. The van der Waals surface area contributed by atoms with Gasteiger partial charge in [-0.3, -0.25) is 4.79 Å². The van der Waals surface area contributed by atoms with Gasteiger partial charge in [-0.15, -0.1) is 0 Å². The minimum absolute atomic E-state index is 0.254. The van der Waals surface area contributed by atoms with Gasteiger partial charge in [-0.1, -0.05) is 48.5 Å². The number of allylic oxidation sites excluding steroid dienone is 2. The molecular formula is C28H25N7O2. The zero-order valence-corrected chi connectivity index (χ0v) is 20.3. The van der Waals surface area contributed by atoms with Gasteiger partial charge in [0.15, 0.2) is 0 Å². The molecule has 0 aliphatic heterocycles. The Bertz CT molecular complexity index is 1640. The van der Waals surface area contributed by atoms with Gasteiger partial charge in [0.05, 0.1) is 12.7 Å². The summed E-state index contributed by atoms with van der Waals surface area (Å²) in [7, 11) is 1.61. The van der Waals surface area contributed by atoms with E-state index >= 15 is 0 Å². The Morgan fingerprint density at radius 2 is 1.73 bits per heavy atom. The number of aromatic amines is 1. The molecule has 3 aromatic heterocycles. The third kappa shape index (κ3) is 4.24. The number of nitrogens with zero attached hydrogens (tertiary/aromatic N) is 5. The van der Waals surface area contributed by atoms with E-state index in [9.17, 15) is 4.79 Å². The smallest absolute Gasteiger partial charge is 0.284 e. The molecule has 1 aliphatic carbocycles. The molecule has 5 aromatic rings. The van der Waals surface area contributed by atoms with Crippen LogP contribution in [0.5, 0.6) is 5.75 Å². The van der Waals surface area contributed by atoms with Crippen LogP contribution in [0.1, 0.15) is 31.2 Å². The molecular weight excluding hydrogens is 466 g/mol. The van der Waals surface area contributed by atoms with Gasteiger partial charge in [0.1, 0.15) is 35.6 Å². The summed E-state index contributed by atoms with van der Waals surface area (Å²) in [4.78, 5) is 29.9. The van der Waals surface area contributed by atoms with Crippen LogP contribution in [0.2, 0.25) is 0 Å². The van der Waals surface area contributed by atoms with Crippen LogP contribution in [0.4, 0.5) is 11.8 Å². The molecule has 0 saturated carbocycles. The monoisotopic (exact) mass is 491 g/mol. The lowest BCUT2D eigenvalue weighted by atomic mass is 9.92. The number of benzene rings is 2. The maximum absolute atomic E-state index is 14.1. The van der Waals surface area contributed by atoms with Gasteiger partial charge in [-0.25, -0.2) is 15.0 Å². The van der Waals surface area contributed by atoms with Crippen molar-refractivity contribution in [1.29, 1.82) is 0 Å². The highest BCUT2D eigenvalue weighted by molar-refractivity contribution is 5.89. The Hall–Kier alpha value is -4.79. The fourth-order valence-electron chi connectivity index (χ4n) is 4.78. The number of ether oxygens (including phenoxy) is 1. The first kappa shape index (κ1) is 22.7. The largest absolute Gasteiger partial charge is 0.497 e.